The van der Waals surface area contributed by atoms with Gasteiger partial charge in [0.1, 0.15) is 0 Å². The molecule has 0 bridgehead atoms. The highest BCUT2D eigenvalue weighted by Crippen LogP contribution is 2.18. The molecule has 0 radical (unpaired) electrons. The van der Waals surface area contributed by atoms with Crippen LogP contribution in [0.25, 0.3) is 0 Å². The average Bonchev–Trinajstić information content (AvgIpc) is 3.00. The molecule has 1 amide bonds. The van der Waals surface area contributed by atoms with Gasteiger partial charge in [-0.3, -0.25) is 4.79 Å². The minimum atomic E-state index is -3.68. The molecule has 1 aliphatic rings. The molecular formula is C15H21BrN2O4S. The maximum atomic E-state index is 12.5. The maximum absolute atomic E-state index is 12.5. The van der Waals surface area contributed by atoms with Crippen molar-refractivity contribution in [3.05, 3.63) is 28.7 Å². The third kappa shape index (κ3) is 4.76. The molecule has 1 heterocycles. The van der Waals surface area contributed by atoms with E-state index in [0.29, 0.717) is 6.54 Å². The van der Waals surface area contributed by atoms with Gasteiger partial charge in [-0.2, -0.15) is 4.31 Å². The normalized spacial score (nSPS) is 18.3. The van der Waals surface area contributed by atoms with E-state index >= 15 is 0 Å². The molecule has 1 aromatic rings. The Morgan fingerprint density at radius 1 is 1.30 bits per heavy atom. The van der Waals surface area contributed by atoms with Crippen molar-refractivity contribution < 1.29 is 17.9 Å². The smallest absolute Gasteiger partial charge is 0.243 e. The first-order chi connectivity index (χ1) is 10.8. The third-order valence-corrected chi connectivity index (χ3v) is 6.15. The predicted molar refractivity (Wildman–Crippen MR) is 90.6 cm³/mol. The van der Waals surface area contributed by atoms with Crippen molar-refractivity contribution in [2.24, 2.45) is 0 Å². The van der Waals surface area contributed by atoms with E-state index in [-0.39, 0.29) is 23.5 Å². The molecule has 0 N–H and O–H groups in total. The minimum Gasteiger partial charge on any atom is -0.376 e. The van der Waals surface area contributed by atoms with E-state index in [1.54, 1.807) is 19.2 Å². The zero-order chi connectivity index (χ0) is 17.0. The van der Waals surface area contributed by atoms with E-state index in [2.05, 4.69) is 15.9 Å². The van der Waals surface area contributed by atoms with Crippen LogP contribution in [0.1, 0.15) is 12.8 Å². The first-order valence-corrected chi connectivity index (χ1v) is 9.61. The Morgan fingerprint density at radius 3 is 2.52 bits per heavy atom. The number of amides is 1. The molecule has 0 aromatic heterocycles. The summed E-state index contributed by atoms with van der Waals surface area (Å²) in [5.74, 6) is -0.247. The van der Waals surface area contributed by atoms with Crippen LogP contribution < -0.4 is 0 Å². The van der Waals surface area contributed by atoms with Crippen LogP contribution in [-0.4, -0.2) is 63.4 Å². The van der Waals surface area contributed by atoms with E-state index in [4.69, 9.17) is 4.74 Å². The Kier molecular flexibility index (Phi) is 6.19. The van der Waals surface area contributed by atoms with E-state index < -0.39 is 10.0 Å². The predicted octanol–water partition coefficient (Wildman–Crippen LogP) is 1.71. The van der Waals surface area contributed by atoms with Crippen molar-refractivity contribution in [3.8, 4) is 0 Å². The molecule has 1 saturated heterocycles. The Labute approximate surface area is 145 Å². The van der Waals surface area contributed by atoms with Gasteiger partial charge >= 0.3 is 0 Å². The molecule has 1 aromatic carbocycles. The summed E-state index contributed by atoms with van der Waals surface area (Å²) in [7, 11) is -0.595. The van der Waals surface area contributed by atoms with Crippen molar-refractivity contribution >= 4 is 31.9 Å². The van der Waals surface area contributed by atoms with Crippen molar-refractivity contribution in [1.82, 2.24) is 9.21 Å². The lowest BCUT2D eigenvalue weighted by atomic mass is 10.2. The molecule has 128 valence electrons. The number of nitrogens with zero attached hydrogens (tertiary/aromatic N) is 2. The van der Waals surface area contributed by atoms with Crippen LogP contribution in [0.2, 0.25) is 0 Å². The monoisotopic (exact) mass is 404 g/mol. The van der Waals surface area contributed by atoms with Gasteiger partial charge in [-0.15, -0.1) is 0 Å². The Hall–Kier alpha value is -0.960. The first kappa shape index (κ1) is 18.4. The quantitative estimate of drug-likeness (QED) is 0.723. The number of carbonyl (C=O) groups excluding carboxylic acids is 1. The largest absolute Gasteiger partial charge is 0.376 e. The van der Waals surface area contributed by atoms with Crippen LogP contribution in [0.3, 0.4) is 0 Å². The van der Waals surface area contributed by atoms with Crippen molar-refractivity contribution in [1.29, 1.82) is 0 Å². The fourth-order valence-corrected chi connectivity index (χ4v) is 3.76. The first-order valence-electron chi connectivity index (χ1n) is 7.38. The topological polar surface area (TPSA) is 66.9 Å². The number of benzene rings is 1. The third-order valence-electron chi connectivity index (χ3n) is 3.81. The van der Waals surface area contributed by atoms with E-state index in [1.165, 1.54) is 24.1 Å². The summed E-state index contributed by atoms with van der Waals surface area (Å²) in [6.45, 7) is 1.02. The van der Waals surface area contributed by atoms with Gasteiger partial charge in [-0.1, -0.05) is 15.9 Å². The van der Waals surface area contributed by atoms with Gasteiger partial charge in [0.25, 0.3) is 0 Å². The Bertz CT molecular complexity index is 642. The van der Waals surface area contributed by atoms with E-state index in [9.17, 15) is 13.2 Å². The van der Waals surface area contributed by atoms with Gasteiger partial charge < -0.3 is 9.64 Å². The molecule has 1 atom stereocenters. The highest BCUT2D eigenvalue weighted by Gasteiger charge is 2.26. The summed E-state index contributed by atoms with van der Waals surface area (Å²) in [5.41, 5.74) is 0. The average molecular weight is 405 g/mol. The molecule has 1 aliphatic heterocycles. The summed E-state index contributed by atoms with van der Waals surface area (Å²) in [6.07, 6.45) is 1.99. The second-order valence-electron chi connectivity index (χ2n) is 5.62. The molecule has 2 rings (SSSR count). The number of carbonyl (C=O) groups is 1. The molecular weight excluding hydrogens is 384 g/mol. The van der Waals surface area contributed by atoms with Gasteiger partial charge in [0, 0.05) is 31.7 Å². The lowest BCUT2D eigenvalue weighted by molar-refractivity contribution is -0.131. The zero-order valence-corrected chi connectivity index (χ0v) is 15.6. The number of halogens is 1. The van der Waals surface area contributed by atoms with Gasteiger partial charge in [0.05, 0.1) is 17.5 Å². The van der Waals surface area contributed by atoms with Gasteiger partial charge in [-0.25, -0.2) is 8.42 Å². The molecule has 6 nitrogen and oxygen atoms in total. The van der Waals surface area contributed by atoms with Crippen LogP contribution in [0, 0.1) is 0 Å². The number of hydrogen-bond acceptors (Lipinski definition) is 4. The number of ether oxygens (including phenoxy) is 1. The minimum absolute atomic E-state index is 0.0531. The molecule has 0 spiro atoms. The highest BCUT2D eigenvalue weighted by molar-refractivity contribution is 9.10. The van der Waals surface area contributed by atoms with Crippen molar-refractivity contribution in [2.75, 3.05) is 33.8 Å². The molecule has 23 heavy (non-hydrogen) atoms. The van der Waals surface area contributed by atoms with Gasteiger partial charge in [0.15, 0.2) is 0 Å². The van der Waals surface area contributed by atoms with E-state index in [0.717, 1.165) is 28.2 Å². The van der Waals surface area contributed by atoms with E-state index in [1.807, 2.05) is 0 Å². The zero-order valence-electron chi connectivity index (χ0n) is 13.2. The maximum Gasteiger partial charge on any atom is 0.243 e. The summed E-state index contributed by atoms with van der Waals surface area (Å²) >= 11 is 3.27. The van der Waals surface area contributed by atoms with Gasteiger partial charge in [-0.05, 0) is 37.1 Å². The summed E-state index contributed by atoms with van der Waals surface area (Å²) in [5, 5.41) is 0. The highest BCUT2D eigenvalue weighted by atomic mass is 79.9. The second-order valence-corrected chi connectivity index (χ2v) is 8.58. The molecule has 1 unspecified atom stereocenters. The molecule has 0 saturated carbocycles. The standard InChI is InChI=1S/C15H21BrN2O4S/c1-17(10-13-4-3-9-22-13)15(19)11-18(2)23(20,21)14-7-5-12(16)6-8-14/h5-8,13H,3-4,9-11H2,1-2H3. The van der Waals surface area contributed by atoms with Crippen LogP contribution in [0.5, 0.6) is 0 Å². The lowest BCUT2D eigenvalue weighted by Crippen LogP contribution is -2.42. The van der Waals surface area contributed by atoms with Gasteiger partial charge in [0.2, 0.25) is 15.9 Å². The van der Waals surface area contributed by atoms with Crippen LogP contribution in [0.4, 0.5) is 0 Å². The number of sulfonamides is 1. The van der Waals surface area contributed by atoms with Crippen LogP contribution in [0.15, 0.2) is 33.6 Å². The summed E-state index contributed by atoms with van der Waals surface area (Å²) < 4.78 is 32.3. The number of hydrogen-bond donors (Lipinski definition) is 0. The van der Waals surface area contributed by atoms with Crippen molar-refractivity contribution in [2.45, 2.75) is 23.8 Å². The summed E-state index contributed by atoms with van der Waals surface area (Å²) in [6, 6.07) is 6.34. The molecule has 8 heteroatoms. The Morgan fingerprint density at radius 2 is 1.96 bits per heavy atom. The van der Waals surface area contributed by atoms with Crippen LogP contribution in [-0.2, 0) is 19.6 Å². The number of rotatable bonds is 6. The number of likely N-dealkylation sites (N-methyl/N-ethyl adjacent to an activating group) is 2. The second kappa shape index (κ2) is 7.74. The Balaban J connectivity index is 1.97. The molecule has 1 fully saturated rings. The summed E-state index contributed by atoms with van der Waals surface area (Å²) in [4.78, 5) is 13.9. The fraction of sp³-hybridized carbons (Fsp3) is 0.533. The molecule has 0 aliphatic carbocycles. The van der Waals surface area contributed by atoms with Crippen molar-refractivity contribution in [3.63, 3.8) is 0 Å². The SMILES string of the molecule is CN(CC1CCCO1)C(=O)CN(C)S(=O)(=O)c1ccc(Br)cc1. The fourth-order valence-electron chi connectivity index (χ4n) is 2.38. The lowest BCUT2D eigenvalue weighted by Gasteiger charge is -2.24. The van der Waals surface area contributed by atoms with Crippen LogP contribution >= 0.6 is 15.9 Å².